The largest absolute Gasteiger partial charge is 1.00 e. The topological polar surface area (TPSA) is 150 Å². The first-order valence-electron chi connectivity index (χ1n) is 12.6. The Hall–Kier alpha value is -1.05. The van der Waals surface area contributed by atoms with Crippen molar-refractivity contribution in [2.24, 2.45) is 17.1 Å². The third kappa shape index (κ3) is 24.1. The van der Waals surface area contributed by atoms with Crippen molar-refractivity contribution in [3.63, 3.8) is 0 Å². The van der Waals surface area contributed by atoms with Gasteiger partial charge in [-0.1, -0.05) is 92.3 Å². The minimum atomic E-state index is -4.58. The number of rotatable bonds is 15. The summed E-state index contributed by atoms with van der Waals surface area (Å²) in [5.41, 5.74) is 5.49. The zero-order valence-corrected chi connectivity index (χ0v) is 27.5. The molecule has 0 radical (unpaired) electrons. The molecule has 4 N–H and O–H groups in total. The van der Waals surface area contributed by atoms with E-state index >= 15 is 0 Å². The number of carbonyl (C=O) groups is 2. The summed E-state index contributed by atoms with van der Waals surface area (Å²) in [5.74, 6) is -1.28. The fourth-order valence-corrected chi connectivity index (χ4v) is 5.10. The van der Waals surface area contributed by atoms with Gasteiger partial charge in [0.1, 0.15) is 23.2 Å². The van der Waals surface area contributed by atoms with E-state index in [1.807, 2.05) is 56.0 Å². The Morgan fingerprint density at radius 2 is 1.35 bits per heavy atom. The molecule has 0 heterocycles. The van der Waals surface area contributed by atoms with E-state index < -0.39 is 33.5 Å². The molecule has 3 atom stereocenters. The van der Waals surface area contributed by atoms with E-state index in [2.05, 4.69) is 5.32 Å². The van der Waals surface area contributed by atoms with Crippen molar-refractivity contribution in [3.05, 3.63) is 29.8 Å². The molecular weight excluding hydrogens is 615 g/mol. The number of benzene rings is 1. The van der Waals surface area contributed by atoms with Gasteiger partial charge in [-0.05, 0) is 42.9 Å². The maximum absolute atomic E-state index is 13.3. The first-order valence-corrected chi connectivity index (χ1v) is 14.0. The van der Waals surface area contributed by atoms with Crippen LogP contribution in [0.25, 0.3) is 0 Å². The van der Waals surface area contributed by atoms with Crippen LogP contribution in [0.1, 0.15) is 111 Å². The molecular formula is C34H79N4NaO6S+2. The predicted molar refractivity (Wildman–Crippen MR) is 196 cm³/mol. The molecule has 1 rings (SSSR count). The monoisotopic (exact) mass is 695 g/mol. The Bertz CT molecular complexity index is 1030. The van der Waals surface area contributed by atoms with Gasteiger partial charge in [-0.3, -0.25) is 9.59 Å². The molecule has 0 aliphatic heterocycles. The number of nitrogens with zero attached hydrogens (tertiary/aromatic N) is 2. The number of primary amides is 1. The van der Waals surface area contributed by atoms with Gasteiger partial charge in [-0.2, -0.15) is 0 Å². The van der Waals surface area contributed by atoms with E-state index in [1.54, 1.807) is 12.1 Å². The summed E-state index contributed by atoms with van der Waals surface area (Å²) in [4.78, 5) is 24.9. The van der Waals surface area contributed by atoms with Crippen LogP contribution in [0, 0.1) is 11.3 Å². The Morgan fingerprint density at radius 3 is 1.70 bits per heavy atom. The van der Waals surface area contributed by atoms with E-state index in [0.717, 1.165) is 5.56 Å². The number of aliphatic hydroxyl groups excluding tert-OH is 1. The maximum atomic E-state index is 13.3. The average Bonchev–Trinajstić information content (AvgIpc) is 2.72. The number of amides is 2. The zero-order chi connectivity index (χ0) is 28.8. The Labute approximate surface area is 310 Å². The molecule has 46 heavy (non-hydrogen) atoms. The summed E-state index contributed by atoms with van der Waals surface area (Å²) >= 11 is 0. The summed E-state index contributed by atoms with van der Waals surface area (Å²) in [6.07, 6.45) is 0.784. The number of quaternary nitrogens is 2. The molecule has 0 aliphatic rings. The van der Waals surface area contributed by atoms with Gasteiger partial charge in [0.2, 0.25) is 11.8 Å². The van der Waals surface area contributed by atoms with Crippen LogP contribution in [0.5, 0.6) is 0 Å². The molecule has 1 aromatic carbocycles. The van der Waals surface area contributed by atoms with E-state index in [9.17, 15) is 27.7 Å². The van der Waals surface area contributed by atoms with Crippen molar-refractivity contribution in [2.75, 3.05) is 55.0 Å². The minimum Gasteiger partial charge on any atom is -0.744 e. The van der Waals surface area contributed by atoms with Gasteiger partial charge >= 0.3 is 29.6 Å². The van der Waals surface area contributed by atoms with Crippen LogP contribution in [-0.2, 0) is 19.7 Å². The van der Waals surface area contributed by atoms with Crippen molar-refractivity contribution in [1.82, 2.24) is 5.32 Å². The van der Waals surface area contributed by atoms with Crippen molar-refractivity contribution in [2.45, 2.75) is 116 Å². The first-order chi connectivity index (χ1) is 16.7. The van der Waals surface area contributed by atoms with Crippen molar-refractivity contribution in [3.8, 4) is 0 Å². The maximum Gasteiger partial charge on any atom is 1.00 e. The second kappa shape index (κ2) is 26.9. The van der Waals surface area contributed by atoms with Crippen LogP contribution >= 0.6 is 0 Å². The number of nitrogens with one attached hydrogen (secondary N) is 1. The third-order valence-electron chi connectivity index (χ3n) is 6.61. The van der Waals surface area contributed by atoms with Crippen LogP contribution in [0.4, 0.5) is 0 Å². The van der Waals surface area contributed by atoms with Gasteiger partial charge in [0, 0.05) is 11.3 Å². The molecule has 0 spiro atoms. The second-order valence-corrected chi connectivity index (χ2v) is 13.8. The number of hydrogen-bond donors (Lipinski definition) is 3. The fraction of sp³-hybridized carbons (Fsp3) is 0.765. The molecule has 2 amide bonds. The number of aliphatic hydroxyl groups is 1. The van der Waals surface area contributed by atoms with Crippen LogP contribution in [-0.4, -0.2) is 100.0 Å². The molecule has 3 unspecified atom stereocenters. The van der Waals surface area contributed by atoms with Gasteiger partial charge < -0.3 is 29.7 Å². The summed E-state index contributed by atoms with van der Waals surface area (Å²) < 4.78 is 35.1. The normalized spacial score (nSPS) is 12.6. The minimum absolute atomic E-state index is 0. The van der Waals surface area contributed by atoms with E-state index in [0.29, 0.717) is 48.0 Å². The summed E-state index contributed by atoms with van der Waals surface area (Å²) in [7, 11) is 5.34. The Balaban J connectivity index is -0.000000217. The van der Waals surface area contributed by atoms with Crippen LogP contribution in [0.2, 0.25) is 0 Å². The summed E-state index contributed by atoms with van der Waals surface area (Å²) in [6, 6.07) is 5.63. The Morgan fingerprint density at radius 1 is 0.913 bits per heavy atom. The SMILES string of the molecule is C.C.C.C.C.C.C.C.CCC(CC(CC(C)(C)C(=O)NC[N+](C)(C)CC(O)C[N+](C)(C)C)c1ccc(S(=O)(=O)[O-])cc1)C(N)=O.[Na+]. The first kappa shape index (κ1) is 67.2. The molecule has 12 heteroatoms. The van der Waals surface area contributed by atoms with Gasteiger partial charge in [-0.25, -0.2) is 8.42 Å². The van der Waals surface area contributed by atoms with E-state index in [4.69, 9.17) is 5.73 Å². The second-order valence-electron chi connectivity index (χ2n) is 12.5. The van der Waals surface area contributed by atoms with Gasteiger partial charge in [0.25, 0.3) is 0 Å². The quantitative estimate of drug-likeness (QED) is 0.111. The predicted octanol–water partition coefficient (Wildman–Crippen LogP) is 3.30. The number of likely N-dealkylation sites (N-methyl/N-ethyl adjacent to an activating group) is 2. The van der Waals surface area contributed by atoms with Crippen LogP contribution in [0.15, 0.2) is 29.2 Å². The molecule has 10 nitrogen and oxygen atoms in total. The molecule has 0 saturated carbocycles. The van der Waals surface area contributed by atoms with Gasteiger partial charge in [0.15, 0.2) is 12.8 Å². The van der Waals surface area contributed by atoms with Crippen molar-refractivity contribution < 1.29 is 66.2 Å². The molecule has 0 bridgehead atoms. The van der Waals surface area contributed by atoms with E-state index in [-0.39, 0.29) is 106 Å². The standard InChI is InChI=1S/C26H46N4O6S.8CH4.Na/c1-9-19(24(27)32)14-21(20-10-12-23(13-11-20)37(34,35)36)15-26(2,3)25(33)28-18-30(7,8)17-22(31)16-29(4,5)6;;;;;;;;;/h10-13,19,21-22,31H,9,14-18H2,1-8H3,(H2-2,27,28,32,33,34,35,36);8*1H4;/q;;;;;;;;;+1/p+1. The number of hydrogen-bond acceptors (Lipinski definition) is 6. The summed E-state index contributed by atoms with van der Waals surface area (Å²) in [6.45, 7) is 6.91. The Kier molecular flexibility index (Phi) is 39.2. The van der Waals surface area contributed by atoms with Gasteiger partial charge in [-0.15, -0.1) is 0 Å². The van der Waals surface area contributed by atoms with Crippen LogP contribution < -0.4 is 40.6 Å². The average molecular weight is 695 g/mol. The van der Waals surface area contributed by atoms with Crippen molar-refractivity contribution >= 4 is 21.9 Å². The molecule has 0 saturated heterocycles. The van der Waals surface area contributed by atoms with Crippen molar-refractivity contribution in [1.29, 1.82) is 0 Å². The molecule has 0 aliphatic carbocycles. The molecule has 0 fully saturated rings. The number of carbonyl (C=O) groups excluding carboxylic acids is 2. The molecule has 0 aromatic heterocycles. The molecule has 276 valence electrons. The van der Waals surface area contributed by atoms with E-state index in [1.165, 1.54) is 12.1 Å². The van der Waals surface area contributed by atoms with Gasteiger partial charge in [0.05, 0.1) is 40.1 Å². The fourth-order valence-electron chi connectivity index (χ4n) is 4.63. The third-order valence-corrected chi connectivity index (χ3v) is 7.46. The summed E-state index contributed by atoms with van der Waals surface area (Å²) in [5, 5.41) is 13.5. The van der Waals surface area contributed by atoms with Crippen LogP contribution in [0.3, 0.4) is 0 Å². The smallest absolute Gasteiger partial charge is 0.744 e. The number of nitrogens with two attached hydrogens (primary N) is 1. The zero-order valence-electron chi connectivity index (χ0n) is 24.7. The molecule has 1 aromatic rings.